The molecule has 1 atom stereocenters. The van der Waals surface area contributed by atoms with Crippen molar-refractivity contribution in [2.45, 2.75) is 11.2 Å². The lowest BCUT2D eigenvalue weighted by Crippen LogP contribution is -2.00. The molecule has 0 bridgehead atoms. The second kappa shape index (κ2) is 6.73. The summed E-state index contributed by atoms with van der Waals surface area (Å²) in [6, 6.07) is 7.49. The van der Waals surface area contributed by atoms with E-state index in [0.717, 1.165) is 11.6 Å². The quantitative estimate of drug-likeness (QED) is 0.364. The lowest BCUT2D eigenvalue weighted by Gasteiger charge is -2.13. The van der Waals surface area contributed by atoms with Crippen molar-refractivity contribution in [1.29, 1.82) is 0 Å². The highest BCUT2D eigenvalue weighted by Crippen LogP contribution is 2.33. The van der Waals surface area contributed by atoms with Crippen molar-refractivity contribution in [2.24, 2.45) is 0 Å². The molecule has 0 amide bonds. The molecule has 0 saturated carbocycles. The molecule has 0 fully saturated rings. The molecule has 0 saturated heterocycles. The molecule has 0 spiro atoms. The third kappa shape index (κ3) is 3.73. The zero-order valence-corrected chi connectivity index (χ0v) is 14.6. The van der Waals surface area contributed by atoms with Crippen LogP contribution >= 0.6 is 55.1 Å². The van der Waals surface area contributed by atoms with Gasteiger partial charge in [0.05, 0.1) is 14.5 Å². The van der Waals surface area contributed by atoms with Crippen LogP contribution in [0.1, 0.15) is 16.0 Å². The Morgan fingerprint density at radius 3 is 2.35 bits per heavy atom. The minimum Gasteiger partial charge on any atom is -0.207 e. The number of hydrogen-bond donors (Lipinski definition) is 0. The second-order valence-electron chi connectivity index (χ2n) is 4.21. The van der Waals surface area contributed by atoms with Gasteiger partial charge in [-0.2, -0.15) is 0 Å². The minimum absolute atomic E-state index is 0.105. The van der Waals surface area contributed by atoms with E-state index in [0.29, 0.717) is 16.5 Å². The molecule has 0 aliphatic carbocycles. The van der Waals surface area contributed by atoms with Gasteiger partial charge >= 0.3 is 0 Å². The molecule has 0 radical (unpaired) electrons. The van der Waals surface area contributed by atoms with Gasteiger partial charge in [0.25, 0.3) is 0 Å². The van der Waals surface area contributed by atoms with E-state index in [-0.39, 0.29) is 14.9 Å². The van der Waals surface area contributed by atoms with E-state index in [9.17, 15) is 8.78 Å². The van der Waals surface area contributed by atoms with Crippen LogP contribution < -0.4 is 0 Å². The van der Waals surface area contributed by atoms with Crippen molar-refractivity contribution in [1.82, 2.24) is 0 Å². The Bertz CT molecular complexity index is 647. The first-order chi connectivity index (χ1) is 9.38. The molecule has 0 aromatic heterocycles. The van der Waals surface area contributed by atoms with E-state index in [1.54, 1.807) is 18.2 Å². The molecule has 2 aromatic rings. The Hall–Kier alpha value is -0.160. The molecule has 0 aliphatic heterocycles. The summed E-state index contributed by atoms with van der Waals surface area (Å²) < 4.78 is 27.5. The summed E-state index contributed by atoms with van der Waals surface area (Å²) in [5.41, 5.74) is 1.14. The first-order valence-electron chi connectivity index (χ1n) is 5.61. The van der Waals surface area contributed by atoms with Gasteiger partial charge in [0.1, 0.15) is 11.6 Å². The number of rotatable bonds is 3. The third-order valence-electron chi connectivity index (χ3n) is 2.78. The fraction of sp³-hybridized carbons (Fsp3) is 0.143. The van der Waals surface area contributed by atoms with Crippen LogP contribution in [-0.2, 0) is 6.42 Å². The average Bonchev–Trinajstić information content (AvgIpc) is 2.38. The van der Waals surface area contributed by atoms with Gasteiger partial charge in [0, 0.05) is 10.4 Å². The van der Waals surface area contributed by atoms with Crippen molar-refractivity contribution in [3.63, 3.8) is 0 Å². The van der Waals surface area contributed by atoms with Crippen LogP contribution in [0.4, 0.5) is 8.78 Å². The molecule has 0 N–H and O–H groups in total. The van der Waals surface area contributed by atoms with Gasteiger partial charge in [-0.05, 0) is 52.2 Å². The molecule has 2 rings (SSSR count). The molecule has 1 unspecified atom stereocenters. The summed E-state index contributed by atoms with van der Waals surface area (Å²) >= 11 is 18.1. The summed E-state index contributed by atoms with van der Waals surface area (Å²) in [6.07, 6.45) is 0.467. The standard InChI is InChI=1S/C14H8Br2Cl2F2/c15-9(3-7-1-2-11(17)12(18)4-7)8-5-14(20)10(16)6-13(8)19/h1-2,4-6,9H,3H2. The van der Waals surface area contributed by atoms with Crippen molar-refractivity contribution >= 4 is 55.1 Å². The van der Waals surface area contributed by atoms with Crippen molar-refractivity contribution in [2.75, 3.05) is 0 Å². The molecule has 0 heterocycles. The third-order valence-corrected chi connectivity index (χ3v) is 4.94. The van der Waals surface area contributed by atoms with E-state index in [2.05, 4.69) is 31.9 Å². The first-order valence-corrected chi connectivity index (χ1v) is 8.07. The van der Waals surface area contributed by atoms with Gasteiger partial charge in [-0.3, -0.25) is 0 Å². The van der Waals surface area contributed by atoms with E-state index in [4.69, 9.17) is 23.2 Å². The van der Waals surface area contributed by atoms with Crippen molar-refractivity contribution in [3.05, 3.63) is 67.6 Å². The maximum Gasteiger partial charge on any atom is 0.137 e. The van der Waals surface area contributed by atoms with Crippen LogP contribution in [0, 0.1) is 11.6 Å². The molecule has 0 nitrogen and oxygen atoms in total. The maximum atomic E-state index is 13.9. The van der Waals surface area contributed by atoms with E-state index < -0.39 is 11.6 Å². The number of benzene rings is 2. The number of halogens is 6. The Kier molecular flexibility index (Phi) is 5.46. The van der Waals surface area contributed by atoms with Crippen molar-refractivity contribution in [3.8, 4) is 0 Å². The van der Waals surface area contributed by atoms with Gasteiger partial charge in [-0.1, -0.05) is 45.2 Å². The highest BCUT2D eigenvalue weighted by Gasteiger charge is 2.16. The summed E-state index contributed by atoms with van der Waals surface area (Å²) in [6.45, 7) is 0. The topological polar surface area (TPSA) is 0 Å². The molecular weight excluding hydrogens is 437 g/mol. The average molecular weight is 445 g/mol. The zero-order valence-electron chi connectivity index (χ0n) is 9.94. The highest BCUT2D eigenvalue weighted by atomic mass is 79.9. The molecule has 20 heavy (non-hydrogen) atoms. The zero-order chi connectivity index (χ0) is 14.9. The van der Waals surface area contributed by atoms with Gasteiger partial charge in [0.15, 0.2) is 0 Å². The SMILES string of the molecule is Fc1cc(C(Br)Cc2ccc(Cl)c(Cl)c2)c(F)cc1Br. The Morgan fingerprint density at radius 2 is 1.70 bits per heavy atom. The van der Waals surface area contributed by atoms with Gasteiger partial charge in [-0.25, -0.2) is 8.78 Å². The Balaban J connectivity index is 2.25. The van der Waals surface area contributed by atoms with E-state index in [1.165, 1.54) is 6.07 Å². The molecule has 0 aliphatic rings. The monoisotopic (exact) mass is 442 g/mol. The van der Waals surface area contributed by atoms with E-state index >= 15 is 0 Å². The Labute approximate surface area is 142 Å². The van der Waals surface area contributed by atoms with Gasteiger partial charge < -0.3 is 0 Å². The first kappa shape index (κ1) is 16.2. The van der Waals surface area contributed by atoms with Crippen LogP contribution in [0.15, 0.2) is 34.8 Å². The van der Waals surface area contributed by atoms with E-state index in [1.807, 2.05) is 0 Å². The normalized spacial score (nSPS) is 12.5. The Morgan fingerprint density at radius 1 is 1.00 bits per heavy atom. The van der Waals surface area contributed by atoms with Gasteiger partial charge in [0.2, 0.25) is 0 Å². The molecular formula is C14H8Br2Cl2F2. The fourth-order valence-corrected chi connectivity index (χ4v) is 3.12. The minimum atomic E-state index is -0.500. The van der Waals surface area contributed by atoms with Crippen LogP contribution in [-0.4, -0.2) is 0 Å². The predicted octanol–water partition coefficient (Wildman–Crippen LogP) is 6.71. The summed E-state index contributed by atoms with van der Waals surface area (Å²) in [7, 11) is 0. The highest BCUT2D eigenvalue weighted by molar-refractivity contribution is 9.10. The van der Waals surface area contributed by atoms with Crippen LogP contribution in [0.5, 0.6) is 0 Å². The maximum absolute atomic E-state index is 13.9. The van der Waals surface area contributed by atoms with Crippen LogP contribution in [0.25, 0.3) is 0 Å². The summed E-state index contributed by atoms with van der Waals surface area (Å²) in [4.78, 5) is -0.359. The lowest BCUT2D eigenvalue weighted by molar-refractivity contribution is 0.579. The summed E-state index contributed by atoms with van der Waals surface area (Å²) in [5, 5.41) is 0.897. The van der Waals surface area contributed by atoms with Crippen molar-refractivity contribution < 1.29 is 8.78 Å². The largest absolute Gasteiger partial charge is 0.207 e. The number of alkyl halides is 1. The molecule has 6 heteroatoms. The smallest absolute Gasteiger partial charge is 0.137 e. The lowest BCUT2D eigenvalue weighted by atomic mass is 10.0. The second-order valence-corrected chi connectivity index (χ2v) is 6.98. The predicted molar refractivity (Wildman–Crippen MR) is 85.9 cm³/mol. The summed E-state index contributed by atoms with van der Waals surface area (Å²) in [5.74, 6) is -0.972. The molecule has 2 aromatic carbocycles. The number of hydrogen-bond acceptors (Lipinski definition) is 0. The van der Waals surface area contributed by atoms with Crippen LogP contribution in [0.3, 0.4) is 0 Å². The fourth-order valence-electron chi connectivity index (χ4n) is 1.76. The molecule has 106 valence electrons. The van der Waals surface area contributed by atoms with Gasteiger partial charge in [-0.15, -0.1) is 0 Å². The van der Waals surface area contributed by atoms with Crippen LogP contribution in [0.2, 0.25) is 10.0 Å².